The molecule has 0 saturated heterocycles. The third-order valence-electron chi connectivity index (χ3n) is 6.76. The summed E-state index contributed by atoms with van der Waals surface area (Å²) in [7, 11) is 0. The van der Waals surface area contributed by atoms with E-state index < -0.39 is 0 Å². The Morgan fingerprint density at radius 1 is 0.805 bits per heavy atom. The van der Waals surface area contributed by atoms with E-state index in [4.69, 9.17) is 9.84 Å². The van der Waals surface area contributed by atoms with Crippen molar-refractivity contribution >= 4 is 22.9 Å². The van der Waals surface area contributed by atoms with Gasteiger partial charge in [0.2, 0.25) is 5.91 Å². The van der Waals surface area contributed by atoms with Gasteiger partial charge in [0.1, 0.15) is 18.1 Å². The van der Waals surface area contributed by atoms with Crippen molar-refractivity contribution in [3.63, 3.8) is 0 Å². The van der Waals surface area contributed by atoms with E-state index in [1.165, 1.54) is 0 Å². The van der Waals surface area contributed by atoms with Crippen LogP contribution in [-0.4, -0.2) is 21.9 Å². The van der Waals surface area contributed by atoms with Gasteiger partial charge in [0.05, 0.1) is 18.3 Å². The number of nitrogens with zero attached hydrogens (tertiary/aromatic N) is 3. The molecule has 0 fully saturated rings. The number of fused-ring (bicyclic) bond motifs is 1. The summed E-state index contributed by atoms with van der Waals surface area (Å²) in [5.41, 5.74) is 8.12. The molecule has 41 heavy (non-hydrogen) atoms. The van der Waals surface area contributed by atoms with E-state index in [1.54, 1.807) is 6.21 Å². The lowest BCUT2D eigenvalue weighted by atomic mass is 10.0. The third kappa shape index (κ3) is 6.23. The fourth-order valence-electron chi connectivity index (χ4n) is 4.70. The average molecular weight is 537 g/mol. The van der Waals surface area contributed by atoms with Crippen molar-refractivity contribution in [1.29, 1.82) is 0 Å². The van der Waals surface area contributed by atoms with Gasteiger partial charge in [-0.15, -0.1) is 0 Å². The Labute approximate surface area is 238 Å². The van der Waals surface area contributed by atoms with E-state index in [9.17, 15) is 4.79 Å². The van der Waals surface area contributed by atoms with E-state index >= 15 is 0 Å². The molecule has 200 valence electrons. The van der Waals surface area contributed by atoms with Crippen LogP contribution in [0.1, 0.15) is 16.7 Å². The van der Waals surface area contributed by atoms with Gasteiger partial charge in [0.25, 0.3) is 0 Å². The second-order valence-corrected chi connectivity index (χ2v) is 9.62. The first-order valence-corrected chi connectivity index (χ1v) is 13.4. The van der Waals surface area contributed by atoms with E-state index in [-0.39, 0.29) is 12.3 Å². The first-order valence-electron chi connectivity index (χ1n) is 13.4. The molecule has 6 nitrogen and oxygen atoms in total. The topological polar surface area (TPSA) is 68.5 Å². The maximum absolute atomic E-state index is 12.8. The normalized spacial score (nSPS) is 11.1. The van der Waals surface area contributed by atoms with Crippen molar-refractivity contribution in [2.45, 2.75) is 13.0 Å². The van der Waals surface area contributed by atoms with Crippen LogP contribution in [0.5, 0.6) is 5.75 Å². The minimum atomic E-state index is -0.186. The van der Waals surface area contributed by atoms with Crippen LogP contribution in [-0.2, 0) is 17.8 Å². The number of carbonyl (C=O) groups is 1. The maximum Gasteiger partial charge on any atom is 0.244 e. The molecule has 0 aliphatic heterocycles. The molecule has 0 atom stereocenters. The zero-order chi connectivity index (χ0) is 27.9. The number of para-hydroxylation sites is 1. The van der Waals surface area contributed by atoms with Crippen molar-refractivity contribution in [1.82, 2.24) is 15.2 Å². The number of hydrazone groups is 1. The molecular formula is C35H28N4O2. The molecule has 1 amide bonds. The van der Waals surface area contributed by atoms with Gasteiger partial charge < -0.3 is 4.74 Å². The highest BCUT2D eigenvalue weighted by Crippen LogP contribution is 2.25. The Bertz CT molecular complexity index is 1790. The number of rotatable bonds is 9. The van der Waals surface area contributed by atoms with Gasteiger partial charge in [-0.3, -0.25) is 4.79 Å². The predicted octanol–water partition coefficient (Wildman–Crippen LogP) is 6.96. The Morgan fingerprint density at radius 3 is 2.32 bits per heavy atom. The van der Waals surface area contributed by atoms with Crippen LogP contribution in [0.3, 0.4) is 0 Å². The Hall–Kier alpha value is -5.49. The van der Waals surface area contributed by atoms with Gasteiger partial charge in [-0.25, -0.2) is 10.1 Å². The fraction of sp³-hybridized carbons (Fsp3) is 0.0571. The number of benzene rings is 5. The number of hydrogen-bond donors (Lipinski definition) is 1. The summed E-state index contributed by atoms with van der Waals surface area (Å²) in [6, 6.07) is 41.8. The summed E-state index contributed by atoms with van der Waals surface area (Å²) < 4.78 is 7.77. The third-order valence-corrected chi connectivity index (χ3v) is 6.76. The minimum Gasteiger partial charge on any atom is -0.489 e. The molecular weight excluding hydrogens is 508 g/mol. The average Bonchev–Trinajstić information content (AvgIpc) is 3.45. The highest BCUT2D eigenvalue weighted by molar-refractivity contribution is 5.92. The largest absolute Gasteiger partial charge is 0.489 e. The number of amides is 1. The molecule has 0 aliphatic rings. The molecule has 1 aromatic heterocycles. The smallest absolute Gasteiger partial charge is 0.244 e. The fourth-order valence-corrected chi connectivity index (χ4v) is 4.70. The Balaban J connectivity index is 1.20. The van der Waals surface area contributed by atoms with Gasteiger partial charge in [0.15, 0.2) is 0 Å². The molecule has 0 radical (unpaired) electrons. The number of nitrogens with one attached hydrogen (secondary N) is 1. The number of hydrogen-bond acceptors (Lipinski definition) is 4. The molecule has 0 bridgehead atoms. The van der Waals surface area contributed by atoms with Gasteiger partial charge >= 0.3 is 0 Å². The summed E-state index contributed by atoms with van der Waals surface area (Å²) in [6.07, 6.45) is 3.78. The van der Waals surface area contributed by atoms with Gasteiger partial charge in [-0.1, -0.05) is 91.0 Å². The highest BCUT2D eigenvalue weighted by atomic mass is 16.5. The predicted molar refractivity (Wildman–Crippen MR) is 163 cm³/mol. The highest BCUT2D eigenvalue weighted by Gasteiger charge is 2.12. The minimum absolute atomic E-state index is 0.186. The number of carbonyl (C=O) groups excluding carboxylic acids is 1. The van der Waals surface area contributed by atoms with E-state index in [1.807, 2.05) is 138 Å². The van der Waals surface area contributed by atoms with Crippen LogP contribution < -0.4 is 10.2 Å². The van der Waals surface area contributed by atoms with Gasteiger partial charge in [-0.05, 0) is 58.3 Å². The lowest BCUT2D eigenvalue weighted by molar-refractivity contribution is -0.120. The van der Waals surface area contributed by atoms with Crippen LogP contribution in [0.4, 0.5) is 0 Å². The SMILES string of the molecule is O=C(Cc1cccc2ccccc12)N/N=C/c1cn(-c2ccccc2)nc1-c1ccc(OCc2ccccc2)cc1. The van der Waals surface area contributed by atoms with Crippen molar-refractivity contribution in [2.75, 3.05) is 0 Å². The van der Waals surface area contributed by atoms with Crippen LogP contribution in [0, 0.1) is 0 Å². The first-order chi connectivity index (χ1) is 20.2. The van der Waals surface area contributed by atoms with Gasteiger partial charge in [0, 0.05) is 17.3 Å². The van der Waals surface area contributed by atoms with Crippen LogP contribution in [0.25, 0.3) is 27.7 Å². The van der Waals surface area contributed by atoms with E-state index in [0.29, 0.717) is 6.61 Å². The summed E-state index contributed by atoms with van der Waals surface area (Å²) >= 11 is 0. The van der Waals surface area contributed by atoms with Crippen molar-refractivity contribution in [3.8, 4) is 22.7 Å². The van der Waals surface area contributed by atoms with Crippen molar-refractivity contribution < 1.29 is 9.53 Å². The maximum atomic E-state index is 12.8. The standard InChI is InChI=1S/C35H28N4O2/c40-34(22-29-14-9-13-27-12-7-8-17-33(27)29)37-36-23-30-24-39(31-15-5-2-6-16-31)38-35(30)28-18-20-32(21-19-28)41-25-26-10-3-1-4-11-26/h1-21,23-24H,22,25H2,(H,37,40)/b36-23+. The monoisotopic (exact) mass is 536 g/mol. The molecule has 1 heterocycles. The quantitative estimate of drug-likeness (QED) is 0.160. The molecule has 0 saturated carbocycles. The van der Waals surface area contributed by atoms with Gasteiger partial charge in [-0.2, -0.15) is 10.2 Å². The summed E-state index contributed by atoms with van der Waals surface area (Å²) in [5.74, 6) is 0.588. The van der Waals surface area contributed by atoms with E-state index in [2.05, 4.69) is 10.5 Å². The lowest BCUT2D eigenvalue weighted by Gasteiger charge is -2.07. The first kappa shape index (κ1) is 25.8. The molecule has 1 N–H and O–H groups in total. The second-order valence-electron chi connectivity index (χ2n) is 9.62. The van der Waals surface area contributed by atoms with Crippen LogP contribution >= 0.6 is 0 Å². The zero-order valence-electron chi connectivity index (χ0n) is 22.4. The van der Waals surface area contributed by atoms with E-state index in [0.717, 1.165) is 50.2 Å². The second kappa shape index (κ2) is 12.1. The Kier molecular flexibility index (Phi) is 7.63. The summed E-state index contributed by atoms with van der Waals surface area (Å²) in [6.45, 7) is 0.499. The van der Waals surface area contributed by atoms with Crippen LogP contribution in [0.15, 0.2) is 139 Å². The zero-order valence-corrected chi connectivity index (χ0v) is 22.4. The lowest BCUT2D eigenvalue weighted by Crippen LogP contribution is -2.19. The molecule has 0 aliphatic carbocycles. The summed E-state index contributed by atoms with van der Waals surface area (Å²) in [5, 5.41) is 11.3. The Morgan fingerprint density at radius 2 is 1.51 bits per heavy atom. The molecule has 6 aromatic rings. The van der Waals surface area contributed by atoms with Crippen LogP contribution in [0.2, 0.25) is 0 Å². The van der Waals surface area contributed by atoms with Crippen molar-refractivity contribution in [2.24, 2.45) is 5.10 Å². The summed E-state index contributed by atoms with van der Waals surface area (Å²) in [4.78, 5) is 12.8. The molecule has 6 rings (SSSR count). The number of aromatic nitrogens is 2. The molecule has 6 heteroatoms. The molecule has 0 unspecified atom stereocenters. The van der Waals surface area contributed by atoms with Crippen molar-refractivity contribution in [3.05, 3.63) is 150 Å². The molecule has 0 spiro atoms. The number of ether oxygens (including phenoxy) is 1. The molecule has 5 aromatic carbocycles.